The summed E-state index contributed by atoms with van der Waals surface area (Å²) in [6.45, 7) is 2.14. The molecule has 20 heavy (non-hydrogen) atoms. The molecule has 2 heteroatoms. The Bertz CT molecular complexity index is 928. The molecule has 0 N–H and O–H groups in total. The summed E-state index contributed by atoms with van der Waals surface area (Å²) in [5.41, 5.74) is 2.50. The molecule has 2 aromatic heterocycles. The highest BCUT2D eigenvalue weighted by Gasteiger charge is 2.09. The molecule has 0 bridgehead atoms. The molecule has 0 radical (unpaired) electrons. The van der Waals surface area contributed by atoms with Gasteiger partial charge in [-0.1, -0.05) is 30.3 Å². The summed E-state index contributed by atoms with van der Waals surface area (Å²) < 4.78 is 2.25. The number of aromatic nitrogens is 1. The van der Waals surface area contributed by atoms with Gasteiger partial charge in [-0.2, -0.15) is 4.40 Å². The van der Waals surface area contributed by atoms with E-state index in [1.54, 1.807) is 0 Å². The second kappa shape index (κ2) is 4.88. The van der Waals surface area contributed by atoms with Crippen molar-refractivity contribution >= 4 is 27.1 Å². The van der Waals surface area contributed by atoms with Gasteiger partial charge >= 0.3 is 0 Å². The molecule has 0 spiro atoms. The van der Waals surface area contributed by atoms with Gasteiger partial charge in [0.05, 0.1) is 0 Å². The fourth-order valence-corrected chi connectivity index (χ4v) is 2.82. The van der Waals surface area contributed by atoms with Gasteiger partial charge < -0.3 is 17.0 Å². The van der Waals surface area contributed by atoms with Crippen LogP contribution in [0, 0.1) is 6.92 Å². The Kier molecular flexibility index (Phi) is 3.19. The van der Waals surface area contributed by atoms with Gasteiger partial charge in [0.25, 0.3) is 0 Å². The van der Waals surface area contributed by atoms with Gasteiger partial charge in [0.15, 0.2) is 11.9 Å². The Morgan fingerprint density at radius 2 is 1.55 bits per heavy atom. The first-order chi connectivity index (χ1) is 9.33. The molecule has 0 fully saturated rings. The molecule has 0 unspecified atom stereocenters. The van der Waals surface area contributed by atoms with E-state index < -0.39 is 0 Å². The van der Waals surface area contributed by atoms with E-state index in [9.17, 15) is 0 Å². The maximum atomic E-state index is 2.28. The number of halogens is 1. The zero-order chi connectivity index (χ0) is 12.8. The lowest BCUT2D eigenvalue weighted by Crippen LogP contribution is -3.00. The van der Waals surface area contributed by atoms with E-state index in [0.717, 1.165) is 0 Å². The smallest absolute Gasteiger partial charge is 0.211 e. The van der Waals surface area contributed by atoms with Crippen LogP contribution in [0.1, 0.15) is 5.69 Å². The summed E-state index contributed by atoms with van der Waals surface area (Å²) in [6.07, 6.45) is 2.23. The van der Waals surface area contributed by atoms with Crippen molar-refractivity contribution in [2.45, 2.75) is 6.92 Å². The number of hydrogen-bond acceptors (Lipinski definition) is 0. The van der Waals surface area contributed by atoms with Crippen molar-refractivity contribution in [3.63, 3.8) is 0 Å². The van der Waals surface area contributed by atoms with Crippen molar-refractivity contribution in [1.82, 2.24) is 0 Å². The number of aryl methyl sites for hydroxylation is 1. The van der Waals surface area contributed by atoms with Crippen molar-refractivity contribution in [3.8, 4) is 0 Å². The average molecular weight is 324 g/mol. The standard InChI is InChI=1S/C18H14N.BrH/c1-13-5-4-7-16-11-18-15(12-19(13)16)10-9-14-6-2-3-8-17(14)18;/h2-12H,1H3;1H/q+1;/p-1. The van der Waals surface area contributed by atoms with Gasteiger partial charge in [-0.25, -0.2) is 0 Å². The molecular weight excluding hydrogens is 310 g/mol. The molecule has 2 heterocycles. The average Bonchev–Trinajstić information content (AvgIpc) is 2.46. The second-order valence-corrected chi connectivity index (χ2v) is 5.03. The van der Waals surface area contributed by atoms with E-state index in [1.807, 2.05) is 0 Å². The molecule has 0 aliphatic carbocycles. The number of fused-ring (bicyclic) bond motifs is 4. The van der Waals surface area contributed by atoms with Crippen molar-refractivity contribution < 1.29 is 21.4 Å². The maximum Gasteiger partial charge on any atom is 0.211 e. The SMILES string of the molecule is Cc1cccc2cc3c(ccc4ccccc43)c[n+]12.[Br-]. The quantitative estimate of drug-likeness (QED) is 0.259. The molecule has 1 nitrogen and oxygen atoms in total. The van der Waals surface area contributed by atoms with E-state index >= 15 is 0 Å². The minimum absolute atomic E-state index is 0. The van der Waals surface area contributed by atoms with E-state index in [2.05, 4.69) is 78.2 Å². The highest BCUT2D eigenvalue weighted by molar-refractivity contribution is 6.07. The zero-order valence-electron chi connectivity index (χ0n) is 11.2. The van der Waals surface area contributed by atoms with Crippen molar-refractivity contribution in [3.05, 3.63) is 72.6 Å². The molecule has 2 aromatic carbocycles. The minimum atomic E-state index is 0. The maximum absolute atomic E-state index is 2.28. The molecule has 0 atom stereocenters. The largest absolute Gasteiger partial charge is 1.00 e. The minimum Gasteiger partial charge on any atom is -1.00 e. The fraction of sp³-hybridized carbons (Fsp3) is 0.0556. The zero-order valence-corrected chi connectivity index (χ0v) is 12.8. The van der Waals surface area contributed by atoms with Gasteiger partial charge in [0.1, 0.15) is 0 Å². The number of rotatable bonds is 0. The first kappa shape index (κ1) is 13.1. The van der Waals surface area contributed by atoms with Crippen LogP contribution in [-0.4, -0.2) is 0 Å². The monoisotopic (exact) mass is 323 g/mol. The number of benzene rings is 2. The van der Waals surface area contributed by atoms with Gasteiger partial charge in [0, 0.05) is 35.9 Å². The molecule has 0 saturated heterocycles. The topological polar surface area (TPSA) is 4.10 Å². The summed E-state index contributed by atoms with van der Waals surface area (Å²) in [7, 11) is 0. The molecule has 0 aliphatic rings. The first-order valence-electron chi connectivity index (χ1n) is 6.55. The third kappa shape index (κ3) is 1.88. The fourth-order valence-electron chi connectivity index (χ4n) is 2.82. The Hall–Kier alpha value is -1.93. The van der Waals surface area contributed by atoms with E-state index in [0.29, 0.717) is 0 Å². The number of nitrogens with zero attached hydrogens (tertiary/aromatic N) is 1. The lowest BCUT2D eigenvalue weighted by atomic mass is 10.0. The normalized spacial score (nSPS) is 10.8. The van der Waals surface area contributed by atoms with Crippen LogP contribution >= 0.6 is 0 Å². The lowest BCUT2D eigenvalue weighted by molar-refractivity contribution is -0.518. The molecular formula is C18H14BrN. The first-order valence-corrected chi connectivity index (χ1v) is 6.55. The molecule has 98 valence electrons. The van der Waals surface area contributed by atoms with E-state index in [-0.39, 0.29) is 17.0 Å². The third-order valence-corrected chi connectivity index (χ3v) is 3.83. The van der Waals surface area contributed by atoms with Crippen LogP contribution < -0.4 is 21.4 Å². The summed E-state index contributed by atoms with van der Waals surface area (Å²) in [5.74, 6) is 0. The predicted octanol–water partition coefficient (Wildman–Crippen LogP) is 1.04. The van der Waals surface area contributed by atoms with Crippen LogP contribution in [0.3, 0.4) is 0 Å². The highest BCUT2D eigenvalue weighted by Crippen LogP contribution is 2.25. The van der Waals surface area contributed by atoms with Crippen LogP contribution in [0.4, 0.5) is 0 Å². The van der Waals surface area contributed by atoms with Crippen LogP contribution in [-0.2, 0) is 0 Å². The van der Waals surface area contributed by atoms with Crippen molar-refractivity contribution in [1.29, 1.82) is 0 Å². The predicted molar refractivity (Wildman–Crippen MR) is 79.4 cm³/mol. The Morgan fingerprint density at radius 3 is 2.45 bits per heavy atom. The lowest BCUT2D eigenvalue weighted by Gasteiger charge is -2.03. The van der Waals surface area contributed by atoms with Gasteiger partial charge in [0.2, 0.25) is 5.52 Å². The molecule has 0 saturated carbocycles. The Balaban J connectivity index is 0.00000121. The van der Waals surface area contributed by atoms with Gasteiger partial charge in [-0.3, -0.25) is 0 Å². The Morgan fingerprint density at radius 1 is 0.750 bits per heavy atom. The van der Waals surface area contributed by atoms with Crippen LogP contribution in [0.2, 0.25) is 0 Å². The van der Waals surface area contributed by atoms with Crippen LogP contribution in [0.5, 0.6) is 0 Å². The van der Waals surface area contributed by atoms with Crippen molar-refractivity contribution in [2.75, 3.05) is 0 Å². The van der Waals surface area contributed by atoms with Crippen LogP contribution in [0.25, 0.3) is 27.1 Å². The number of pyridine rings is 2. The van der Waals surface area contributed by atoms with Gasteiger partial charge in [-0.05, 0) is 22.9 Å². The van der Waals surface area contributed by atoms with Gasteiger partial charge in [-0.15, -0.1) is 0 Å². The highest BCUT2D eigenvalue weighted by atomic mass is 79.9. The second-order valence-electron chi connectivity index (χ2n) is 5.03. The summed E-state index contributed by atoms with van der Waals surface area (Å²) in [6, 6.07) is 21.7. The summed E-state index contributed by atoms with van der Waals surface area (Å²) >= 11 is 0. The molecule has 4 aromatic rings. The molecule has 0 amide bonds. The van der Waals surface area contributed by atoms with Crippen molar-refractivity contribution in [2.24, 2.45) is 0 Å². The Labute approximate surface area is 128 Å². The number of hydrogen-bond donors (Lipinski definition) is 0. The van der Waals surface area contributed by atoms with E-state index in [1.165, 1.54) is 32.8 Å². The molecule has 4 rings (SSSR count). The summed E-state index contributed by atoms with van der Waals surface area (Å²) in [5, 5.41) is 5.23. The van der Waals surface area contributed by atoms with E-state index in [4.69, 9.17) is 0 Å². The third-order valence-electron chi connectivity index (χ3n) is 3.83. The summed E-state index contributed by atoms with van der Waals surface area (Å²) in [4.78, 5) is 0. The molecule has 0 aliphatic heterocycles. The van der Waals surface area contributed by atoms with Crippen LogP contribution in [0.15, 0.2) is 66.9 Å².